The molecule has 0 atom stereocenters. The van der Waals surface area contributed by atoms with Crippen molar-refractivity contribution in [3.63, 3.8) is 0 Å². The van der Waals surface area contributed by atoms with Crippen LogP contribution in [0, 0.1) is 0 Å². The lowest BCUT2D eigenvalue weighted by Crippen LogP contribution is -2.35. The van der Waals surface area contributed by atoms with Gasteiger partial charge in [0.15, 0.2) is 0 Å². The monoisotopic (exact) mass is 340 g/mol. The van der Waals surface area contributed by atoms with Gasteiger partial charge in [-0.15, -0.1) is 0 Å². The van der Waals surface area contributed by atoms with Crippen LogP contribution in [-0.2, 0) is 4.74 Å². The number of benzene rings is 2. The molecule has 0 aliphatic carbocycles. The van der Waals surface area contributed by atoms with Crippen molar-refractivity contribution in [3.05, 3.63) is 54.1 Å². The van der Waals surface area contributed by atoms with Gasteiger partial charge in [-0.2, -0.15) is 0 Å². The van der Waals surface area contributed by atoms with E-state index in [1.807, 2.05) is 42.5 Å². The Bertz CT molecular complexity index is 776. The number of para-hydroxylation sites is 1. The Morgan fingerprint density at radius 1 is 1.24 bits per heavy atom. The van der Waals surface area contributed by atoms with Crippen molar-refractivity contribution in [2.24, 2.45) is 0 Å². The molecular formula is C19H20N2O4. The summed E-state index contributed by atoms with van der Waals surface area (Å²) in [6, 6.07) is 15.0. The minimum absolute atomic E-state index is 0.177. The fourth-order valence-corrected chi connectivity index (χ4v) is 2.75. The number of hydrogen-bond donors (Lipinski definition) is 1. The lowest BCUT2D eigenvalue weighted by Gasteiger charge is -2.13. The molecule has 0 bridgehead atoms. The normalized spacial score (nSPS) is 13.5. The van der Waals surface area contributed by atoms with Crippen LogP contribution in [0.1, 0.15) is 10.4 Å². The maximum atomic E-state index is 12.4. The van der Waals surface area contributed by atoms with Crippen molar-refractivity contribution in [1.29, 1.82) is 0 Å². The quantitative estimate of drug-likeness (QED) is 0.877. The zero-order chi connectivity index (χ0) is 17.6. The average molecular weight is 340 g/mol. The molecule has 1 saturated heterocycles. The maximum Gasteiger partial charge on any atom is 0.409 e. The molecule has 6 heteroatoms. The number of amides is 2. The zero-order valence-electron chi connectivity index (χ0n) is 14.0. The Kier molecular flexibility index (Phi) is 5.18. The number of nitrogens with zero attached hydrogens (tertiary/aromatic N) is 1. The van der Waals surface area contributed by atoms with E-state index < -0.39 is 0 Å². The van der Waals surface area contributed by atoms with Crippen LogP contribution < -0.4 is 10.1 Å². The van der Waals surface area contributed by atoms with Crippen molar-refractivity contribution in [1.82, 2.24) is 10.2 Å². The van der Waals surface area contributed by atoms with Gasteiger partial charge in [0.2, 0.25) is 0 Å². The van der Waals surface area contributed by atoms with Crippen LogP contribution in [-0.4, -0.2) is 50.3 Å². The van der Waals surface area contributed by atoms with Crippen LogP contribution in [0.5, 0.6) is 5.75 Å². The number of cyclic esters (lactones) is 1. The number of ether oxygens (including phenoxy) is 2. The second-order valence-electron chi connectivity index (χ2n) is 5.64. The van der Waals surface area contributed by atoms with Crippen molar-refractivity contribution < 1.29 is 19.1 Å². The number of hydrogen-bond acceptors (Lipinski definition) is 4. The molecular weight excluding hydrogens is 320 g/mol. The lowest BCUT2D eigenvalue weighted by molar-refractivity contribution is 0.0949. The van der Waals surface area contributed by atoms with Gasteiger partial charge >= 0.3 is 6.09 Å². The van der Waals surface area contributed by atoms with E-state index in [1.165, 1.54) is 0 Å². The first kappa shape index (κ1) is 16.8. The molecule has 2 aromatic carbocycles. The summed E-state index contributed by atoms with van der Waals surface area (Å²) in [7, 11) is 1.62. The van der Waals surface area contributed by atoms with Crippen molar-refractivity contribution in [2.45, 2.75) is 0 Å². The highest BCUT2D eigenvalue weighted by molar-refractivity contribution is 5.95. The van der Waals surface area contributed by atoms with Crippen LogP contribution in [0.25, 0.3) is 11.1 Å². The molecule has 0 saturated carbocycles. The summed E-state index contributed by atoms with van der Waals surface area (Å²) in [5, 5.41) is 2.83. The molecule has 6 nitrogen and oxygen atoms in total. The summed E-state index contributed by atoms with van der Waals surface area (Å²) in [6.07, 6.45) is -0.326. The second kappa shape index (κ2) is 7.70. The first-order valence-corrected chi connectivity index (χ1v) is 8.12. The molecule has 3 rings (SSSR count). The van der Waals surface area contributed by atoms with Gasteiger partial charge in [-0.25, -0.2) is 4.79 Å². The van der Waals surface area contributed by atoms with Gasteiger partial charge in [-0.3, -0.25) is 4.79 Å². The molecule has 1 aliphatic heterocycles. The third kappa shape index (κ3) is 3.91. The molecule has 0 unspecified atom stereocenters. The molecule has 1 fully saturated rings. The Hall–Kier alpha value is -3.02. The second-order valence-corrected chi connectivity index (χ2v) is 5.64. The van der Waals surface area contributed by atoms with Crippen molar-refractivity contribution >= 4 is 12.0 Å². The topological polar surface area (TPSA) is 67.9 Å². The molecule has 1 N–H and O–H groups in total. The number of carbonyl (C=O) groups is 2. The van der Waals surface area contributed by atoms with E-state index in [4.69, 9.17) is 9.47 Å². The molecule has 0 radical (unpaired) electrons. The molecule has 25 heavy (non-hydrogen) atoms. The molecule has 1 aliphatic rings. The summed E-state index contributed by atoms with van der Waals surface area (Å²) < 4.78 is 10.2. The predicted molar refractivity (Wildman–Crippen MR) is 93.7 cm³/mol. The molecule has 2 aromatic rings. The van der Waals surface area contributed by atoms with Crippen LogP contribution in [0.2, 0.25) is 0 Å². The van der Waals surface area contributed by atoms with Gasteiger partial charge in [-0.1, -0.05) is 30.3 Å². The first-order chi connectivity index (χ1) is 12.2. The minimum Gasteiger partial charge on any atom is -0.496 e. The van der Waals surface area contributed by atoms with Gasteiger partial charge in [0.25, 0.3) is 5.91 Å². The van der Waals surface area contributed by atoms with Gasteiger partial charge in [-0.05, 0) is 23.8 Å². The fraction of sp³-hybridized carbons (Fsp3) is 0.263. The van der Waals surface area contributed by atoms with E-state index >= 15 is 0 Å². The Labute approximate surface area is 146 Å². The van der Waals surface area contributed by atoms with Crippen LogP contribution in [0.4, 0.5) is 4.79 Å². The smallest absolute Gasteiger partial charge is 0.409 e. The predicted octanol–water partition coefficient (Wildman–Crippen LogP) is 2.54. The largest absolute Gasteiger partial charge is 0.496 e. The number of carbonyl (C=O) groups excluding carboxylic acids is 2. The summed E-state index contributed by atoms with van der Waals surface area (Å²) in [5.41, 5.74) is 2.40. The van der Waals surface area contributed by atoms with Crippen molar-refractivity contribution in [3.8, 4) is 16.9 Å². The van der Waals surface area contributed by atoms with Gasteiger partial charge < -0.3 is 19.7 Å². The molecule has 0 spiro atoms. The van der Waals surface area contributed by atoms with Crippen molar-refractivity contribution in [2.75, 3.05) is 33.4 Å². The number of methoxy groups -OCH3 is 1. The van der Waals surface area contributed by atoms with E-state index in [-0.39, 0.29) is 12.0 Å². The molecule has 130 valence electrons. The Morgan fingerprint density at radius 3 is 2.84 bits per heavy atom. The van der Waals surface area contributed by atoms with E-state index in [0.29, 0.717) is 31.8 Å². The van der Waals surface area contributed by atoms with Gasteiger partial charge in [0.1, 0.15) is 12.4 Å². The third-order valence-electron chi connectivity index (χ3n) is 4.05. The van der Waals surface area contributed by atoms with E-state index in [9.17, 15) is 9.59 Å². The van der Waals surface area contributed by atoms with Gasteiger partial charge in [0.05, 0.1) is 13.7 Å². The van der Waals surface area contributed by atoms with E-state index in [2.05, 4.69) is 5.32 Å². The SMILES string of the molecule is COc1ccccc1-c1cccc(C(=O)NCCN2CCOC2=O)c1. The molecule has 0 aromatic heterocycles. The number of rotatable bonds is 6. The summed E-state index contributed by atoms with van der Waals surface area (Å²) in [5.74, 6) is 0.580. The Balaban J connectivity index is 1.66. The highest BCUT2D eigenvalue weighted by Crippen LogP contribution is 2.29. The Morgan fingerprint density at radius 2 is 2.08 bits per heavy atom. The van der Waals surface area contributed by atoms with Crippen LogP contribution in [0.3, 0.4) is 0 Å². The average Bonchev–Trinajstić information content (AvgIpc) is 3.06. The summed E-state index contributed by atoms with van der Waals surface area (Å²) >= 11 is 0. The maximum absolute atomic E-state index is 12.4. The van der Waals surface area contributed by atoms with E-state index in [0.717, 1.165) is 16.9 Å². The van der Waals surface area contributed by atoms with E-state index in [1.54, 1.807) is 18.1 Å². The van der Waals surface area contributed by atoms with Crippen LogP contribution >= 0.6 is 0 Å². The first-order valence-electron chi connectivity index (χ1n) is 8.12. The lowest BCUT2D eigenvalue weighted by atomic mass is 10.0. The van der Waals surface area contributed by atoms with Gasteiger partial charge in [0, 0.05) is 24.2 Å². The number of nitrogens with one attached hydrogen (secondary N) is 1. The standard InChI is InChI=1S/C19H20N2O4/c1-24-17-8-3-2-7-16(17)14-5-4-6-15(13-14)18(22)20-9-10-21-11-12-25-19(21)23/h2-8,13H,9-12H2,1H3,(H,20,22). The third-order valence-corrected chi connectivity index (χ3v) is 4.05. The summed E-state index contributed by atoms with van der Waals surface area (Å²) in [4.78, 5) is 25.3. The molecule has 1 heterocycles. The zero-order valence-corrected chi connectivity index (χ0v) is 14.0. The summed E-state index contributed by atoms with van der Waals surface area (Å²) in [6.45, 7) is 1.80. The van der Waals surface area contributed by atoms with Crippen LogP contribution in [0.15, 0.2) is 48.5 Å². The highest BCUT2D eigenvalue weighted by Gasteiger charge is 2.21. The minimum atomic E-state index is -0.326. The highest BCUT2D eigenvalue weighted by atomic mass is 16.6. The fourth-order valence-electron chi connectivity index (χ4n) is 2.75. The molecule has 2 amide bonds.